The Labute approximate surface area is 160 Å². The molecule has 1 amide bonds. The number of anilines is 1. The van der Waals surface area contributed by atoms with Gasteiger partial charge in [0.15, 0.2) is 0 Å². The lowest BCUT2D eigenvalue weighted by molar-refractivity contribution is -0.138. The van der Waals surface area contributed by atoms with Gasteiger partial charge < -0.3 is 15.5 Å². The minimum absolute atomic E-state index is 0.00516. The molecule has 0 radical (unpaired) electrons. The van der Waals surface area contributed by atoms with Crippen LogP contribution < -0.4 is 15.5 Å². The molecule has 1 saturated carbocycles. The molecule has 27 heavy (non-hydrogen) atoms. The van der Waals surface area contributed by atoms with Crippen LogP contribution in [-0.4, -0.2) is 48.3 Å². The van der Waals surface area contributed by atoms with Crippen molar-refractivity contribution in [2.24, 2.45) is 17.8 Å². The van der Waals surface area contributed by atoms with E-state index in [1.807, 2.05) is 4.90 Å². The number of aromatic nitrogens is 2. The number of hydrogen-bond acceptors (Lipinski definition) is 6. The largest absolute Gasteiger partial charge is 0.445 e. The zero-order valence-electron chi connectivity index (χ0n) is 15.7. The third-order valence-electron chi connectivity index (χ3n) is 5.48. The maximum absolute atomic E-state index is 12.8. The second kappa shape index (κ2) is 7.90. The van der Waals surface area contributed by atoms with Crippen molar-refractivity contribution in [2.75, 3.05) is 25.0 Å². The Morgan fingerprint density at radius 1 is 1.30 bits per heavy atom. The van der Waals surface area contributed by atoms with Gasteiger partial charge in [-0.15, -0.1) is 10.2 Å². The molecule has 1 aliphatic heterocycles. The zero-order valence-corrected chi connectivity index (χ0v) is 16.5. The molecule has 4 atom stereocenters. The van der Waals surface area contributed by atoms with Crippen molar-refractivity contribution in [2.45, 2.75) is 51.4 Å². The summed E-state index contributed by atoms with van der Waals surface area (Å²) in [6, 6.07) is -0.162. The predicted octanol–water partition coefficient (Wildman–Crippen LogP) is 2.52. The standard InChI is InChI=1S/C17H26F3N5OS/c1-9(2)6-13(21-3)14(26)22-12-5-4-10-7-25(8-11(10)12)16-24-23-15(27-16)17(18,19)20/h9-13,21H,4-8H2,1-3H3,(H,22,26)/t10-,11+,12+,13+/m1/s1. The normalized spacial score (nSPS) is 26.5. The quantitative estimate of drug-likeness (QED) is 0.761. The first-order valence-corrected chi connectivity index (χ1v) is 10.1. The van der Waals surface area contributed by atoms with Crippen molar-refractivity contribution in [3.8, 4) is 0 Å². The first-order chi connectivity index (χ1) is 12.7. The number of rotatable bonds is 6. The highest BCUT2D eigenvalue weighted by molar-refractivity contribution is 7.15. The summed E-state index contributed by atoms with van der Waals surface area (Å²) in [7, 11) is 1.79. The van der Waals surface area contributed by atoms with Gasteiger partial charge in [-0.25, -0.2) is 0 Å². The molecule has 0 unspecified atom stereocenters. The van der Waals surface area contributed by atoms with Gasteiger partial charge in [0.2, 0.25) is 16.0 Å². The number of carbonyl (C=O) groups excluding carboxylic acids is 1. The lowest BCUT2D eigenvalue weighted by Gasteiger charge is -2.25. The summed E-state index contributed by atoms with van der Waals surface area (Å²) in [6.45, 7) is 5.44. The summed E-state index contributed by atoms with van der Waals surface area (Å²) in [5.41, 5.74) is 0. The molecular formula is C17H26F3N5OS. The van der Waals surface area contributed by atoms with Crippen LogP contribution in [0, 0.1) is 17.8 Å². The van der Waals surface area contributed by atoms with Crippen LogP contribution in [0.4, 0.5) is 18.3 Å². The van der Waals surface area contributed by atoms with Crippen LogP contribution in [-0.2, 0) is 11.0 Å². The fourth-order valence-electron chi connectivity index (χ4n) is 4.17. The first kappa shape index (κ1) is 20.3. The molecule has 2 N–H and O–H groups in total. The van der Waals surface area contributed by atoms with E-state index in [9.17, 15) is 18.0 Å². The van der Waals surface area contributed by atoms with Gasteiger partial charge in [0.25, 0.3) is 0 Å². The van der Waals surface area contributed by atoms with E-state index in [-0.39, 0.29) is 23.9 Å². The number of amides is 1. The van der Waals surface area contributed by atoms with Gasteiger partial charge in [-0.2, -0.15) is 13.2 Å². The van der Waals surface area contributed by atoms with Crippen LogP contribution in [0.25, 0.3) is 0 Å². The molecule has 1 aromatic heterocycles. The van der Waals surface area contributed by atoms with Gasteiger partial charge in [-0.3, -0.25) is 4.79 Å². The Kier molecular flexibility index (Phi) is 5.95. The van der Waals surface area contributed by atoms with Crippen molar-refractivity contribution < 1.29 is 18.0 Å². The number of alkyl halides is 3. The van der Waals surface area contributed by atoms with E-state index in [1.165, 1.54) is 0 Å². The Morgan fingerprint density at radius 3 is 2.63 bits per heavy atom. The number of likely N-dealkylation sites (N-methyl/N-ethyl adjacent to an activating group) is 1. The molecule has 0 bridgehead atoms. The van der Waals surface area contributed by atoms with E-state index in [0.717, 1.165) is 19.3 Å². The molecule has 2 fully saturated rings. The monoisotopic (exact) mass is 405 g/mol. The van der Waals surface area contributed by atoms with E-state index in [1.54, 1.807) is 7.05 Å². The van der Waals surface area contributed by atoms with Gasteiger partial charge in [0.1, 0.15) is 0 Å². The van der Waals surface area contributed by atoms with Crippen LogP contribution >= 0.6 is 11.3 Å². The van der Waals surface area contributed by atoms with Gasteiger partial charge in [0, 0.05) is 25.0 Å². The van der Waals surface area contributed by atoms with Crippen LogP contribution in [0.2, 0.25) is 0 Å². The predicted molar refractivity (Wildman–Crippen MR) is 97.6 cm³/mol. The molecular weight excluding hydrogens is 379 g/mol. The van der Waals surface area contributed by atoms with Crippen molar-refractivity contribution in [3.63, 3.8) is 0 Å². The van der Waals surface area contributed by atoms with E-state index in [4.69, 9.17) is 0 Å². The molecule has 2 heterocycles. The van der Waals surface area contributed by atoms with Gasteiger partial charge in [-0.05, 0) is 38.1 Å². The highest BCUT2D eigenvalue weighted by Crippen LogP contribution is 2.42. The van der Waals surface area contributed by atoms with Crippen molar-refractivity contribution in [1.82, 2.24) is 20.8 Å². The second-order valence-electron chi connectivity index (χ2n) is 7.88. The molecule has 152 valence electrons. The van der Waals surface area contributed by atoms with Crippen LogP contribution in [0.1, 0.15) is 38.1 Å². The zero-order chi connectivity index (χ0) is 19.8. The fourth-order valence-corrected chi connectivity index (χ4v) is 4.90. The Hall–Kier alpha value is -1.42. The Balaban J connectivity index is 1.61. The van der Waals surface area contributed by atoms with Crippen LogP contribution in [0.3, 0.4) is 0 Å². The fraction of sp³-hybridized carbons (Fsp3) is 0.824. The topological polar surface area (TPSA) is 70.2 Å². The third kappa shape index (κ3) is 4.53. The average molecular weight is 405 g/mol. The number of nitrogens with one attached hydrogen (secondary N) is 2. The molecule has 0 spiro atoms. The summed E-state index contributed by atoms with van der Waals surface area (Å²) in [4.78, 5) is 14.5. The Bertz CT molecular complexity index is 665. The number of nitrogens with zero attached hydrogens (tertiary/aromatic N) is 3. The molecule has 1 aromatic rings. The lowest BCUT2D eigenvalue weighted by Crippen LogP contribution is -2.49. The van der Waals surface area contributed by atoms with E-state index >= 15 is 0 Å². The minimum Gasteiger partial charge on any atom is -0.352 e. The molecule has 0 aromatic carbocycles. The van der Waals surface area contributed by atoms with Crippen LogP contribution in [0.5, 0.6) is 0 Å². The van der Waals surface area contributed by atoms with E-state index in [2.05, 4.69) is 34.7 Å². The lowest BCUT2D eigenvalue weighted by atomic mass is 9.97. The second-order valence-corrected chi connectivity index (χ2v) is 8.84. The highest BCUT2D eigenvalue weighted by Gasteiger charge is 2.45. The summed E-state index contributed by atoms with van der Waals surface area (Å²) in [5.74, 6) is 1.02. The molecule has 2 aliphatic rings. The smallest absolute Gasteiger partial charge is 0.352 e. The van der Waals surface area contributed by atoms with Gasteiger partial charge in [0.05, 0.1) is 6.04 Å². The number of fused-ring (bicyclic) bond motifs is 1. The molecule has 6 nitrogen and oxygen atoms in total. The third-order valence-corrected chi connectivity index (χ3v) is 6.51. The Morgan fingerprint density at radius 2 is 2.04 bits per heavy atom. The summed E-state index contributed by atoms with van der Waals surface area (Å²) in [6.07, 6.45) is -1.82. The van der Waals surface area contributed by atoms with Crippen molar-refractivity contribution in [3.05, 3.63) is 5.01 Å². The SMILES string of the molecule is CN[C@@H](CC(C)C)C(=O)N[C@H]1CC[C@@H]2CN(c3nnc(C(F)(F)F)s3)C[C@@H]21. The molecule has 1 aliphatic carbocycles. The minimum atomic E-state index is -4.46. The maximum Gasteiger partial charge on any atom is 0.445 e. The van der Waals surface area contributed by atoms with Crippen molar-refractivity contribution in [1.29, 1.82) is 0 Å². The number of hydrogen-bond donors (Lipinski definition) is 2. The molecule has 3 rings (SSSR count). The highest BCUT2D eigenvalue weighted by atomic mass is 32.1. The first-order valence-electron chi connectivity index (χ1n) is 9.32. The van der Waals surface area contributed by atoms with E-state index in [0.29, 0.717) is 41.4 Å². The van der Waals surface area contributed by atoms with Gasteiger partial charge >= 0.3 is 6.18 Å². The molecule has 1 saturated heterocycles. The van der Waals surface area contributed by atoms with Crippen molar-refractivity contribution >= 4 is 22.4 Å². The summed E-state index contributed by atoms with van der Waals surface area (Å²) in [5, 5.41) is 12.7. The molecule has 10 heteroatoms. The average Bonchev–Trinajstić information content (AvgIpc) is 3.27. The maximum atomic E-state index is 12.8. The number of halogens is 3. The van der Waals surface area contributed by atoms with E-state index < -0.39 is 11.2 Å². The summed E-state index contributed by atoms with van der Waals surface area (Å²) >= 11 is 0.588. The summed E-state index contributed by atoms with van der Waals surface area (Å²) < 4.78 is 38.3. The van der Waals surface area contributed by atoms with Gasteiger partial charge in [-0.1, -0.05) is 25.2 Å². The number of carbonyl (C=O) groups is 1. The van der Waals surface area contributed by atoms with Crippen LogP contribution in [0.15, 0.2) is 0 Å².